The molecule has 0 fully saturated rings. The largest absolute Gasteiger partial charge is 0.459 e. The van der Waals surface area contributed by atoms with Crippen LogP contribution in [0.15, 0.2) is 32.9 Å². The number of pyridine rings is 1. The average molecular weight is 276 g/mol. The fourth-order valence-corrected chi connectivity index (χ4v) is 1.91. The van der Waals surface area contributed by atoms with E-state index in [0.29, 0.717) is 4.90 Å². The van der Waals surface area contributed by atoms with Crippen LogP contribution in [0.3, 0.4) is 0 Å². The highest BCUT2D eigenvalue weighted by molar-refractivity contribution is 7.99. The van der Waals surface area contributed by atoms with Crippen molar-refractivity contribution in [2.24, 2.45) is 0 Å². The van der Waals surface area contributed by atoms with Gasteiger partial charge in [0.25, 0.3) is 5.22 Å². The Morgan fingerprint density at radius 3 is 3.16 bits per heavy atom. The SMILES string of the molecule is CCOC(=O)c1nnc(Sc2cccnc2C#N)o1. The minimum atomic E-state index is -0.673. The van der Waals surface area contributed by atoms with E-state index in [1.54, 1.807) is 19.1 Å². The molecule has 0 spiro atoms. The van der Waals surface area contributed by atoms with Gasteiger partial charge < -0.3 is 9.15 Å². The summed E-state index contributed by atoms with van der Waals surface area (Å²) in [4.78, 5) is 15.8. The second-order valence-electron chi connectivity index (χ2n) is 3.16. The van der Waals surface area contributed by atoms with E-state index in [9.17, 15) is 4.79 Å². The molecule has 0 atom stereocenters. The lowest BCUT2D eigenvalue weighted by molar-refractivity contribution is 0.0475. The van der Waals surface area contributed by atoms with Crippen molar-refractivity contribution < 1.29 is 13.9 Å². The van der Waals surface area contributed by atoms with E-state index in [0.717, 1.165) is 11.8 Å². The van der Waals surface area contributed by atoms with Crippen molar-refractivity contribution in [1.29, 1.82) is 5.26 Å². The molecule has 2 rings (SSSR count). The molecule has 0 saturated heterocycles. The summed E-state index contributed by atoms with van der Waals surface area (Å²) < 4.78 is 9.86. The maximum absolute atomic E-state index is 11.3. The van der Waals surface area contributed by atoms with Gasteiger partial charge in [0.2, 0.25) is 0 Å². The van der Waals surface area contributed by atoms with Gasteiger partial charge in [-0.3, -0.25) is 0 Å². The summed E-state index contributed by atoms with van der Waals surface area (Å²) in [5.74, 6) is -0.889. The summed E-state index contributed by atoms with van der Waals surface area (Å²) in [6.45, 7) is 1.91. The summed E-state index contributed by atoms with van der Waals surface area (Å²) in [6, 6.07) is 5.34. The normalized spacial score (nSPS) is 9.89. The first-order valence-corrected chi connectivity index (χ1v) is 6.09. The number of nitriles is 1. The third kappa shape index (κ3) is 3.08. The maximum atomic E-state index is 11.3. The first kappa shape index (κ1) is 13.0. The number of carbonyl (C=O) groups is 1. The van der Waals surface area contributed by atoms with E-state index in [1.807, 2.05) is 6.07 Å². The Labute approximate surface area is 112 Å². The third-order valence-corrected chi connectivity index (χ3v) is 2.82. The Morgan fingerprint density at radius 2 is 2.42 bits per heavy atom. The predicted octanol–water partition coefficient (Wildman–Crippen LogP) is 1.66. The third-order valence-electron chi connectivity index (χ3n) is 1.93. The number of aromatic nitrogens is 3. The fourth-order valence-electron chi connectivity index (χ4n) is 1.18. The first-order chi connectivity index (χ1) is 9.24. The molecule has 7 nitrogen and oxygen atoms in total. The van der Waals surface area contributed by atoms with Crippen LogP contribution in [-0.4, -0.2) is 27.8 Å². The van der Waals surface area contributed by atoms with E-state index in [-0.39, 0.29) is 23.4 Å². The van der Waals surface area contributed by atoms with Crippen LogP contribution in [0.25, 0.3) is 0 Å². The zero-order chi connectivity index (χ0) is 13.7. The Bertz CT molecular complexity index is 635. The van der Waals surface area contributed by atoms with Crippen molar-refractivity contribution >= 4 is 17.7 Å². The van der Waals surface area contributed by atoms with Crippen LogP contribution < -0.4 is 0 Å². The number of hydrogen-bond acceptors (Lipinski definition) is 8. The van der Waals surface area contributed by atoms with Gasteiger partial charge >= 0.3 is 11.9 Å². The van der Waals surface area contributed by atoms with Gasteiger partial charge in [0.05, 0.1) is 11.5 Å². The Kier molecular flexibility index (Phi) is 4.10. The number of rotatable bonds is 4. The lowest BCUT2D eigenvalue weighted by Gasteiger charge is -1.97. The molecule has 96 valence electrons. The van der Waals surface area contributed by atoms with Crippen molar-refractivity contribution in [3.63, 3.8) is 0 Å². The molecule has 0 aliphatic rings. The van der Waals surface area contributed by atoms with Crippen LogP contribution >= 0.6 is 11.8 Å². The predicted molar refractivity (Wildman–Crippen MR) is 63.3 cm³/mol. The molecule has 2 aromatic rings. The molecule has 0 unspecified atom stereocenters. The van der Waals surface area contributed by atoms with Crippen molar-refractivity contribution in [1.82, 2.24) is 15.2 Å². The van der Waals surface area contributed by atoms with Gasteiger partial charge in [0.15, 0.2) is 5.69 Å². The van der Waals surface area contributed by atoms with Gasteiger partial charge in [-0.05, 0) is 30.8 Å². The minimum Gasteiger partial charge on any atom is -0.459 e. The van der Waals surface area contributed by atoms with Crippen LogP contribution in [0.4, 0.5) is 0 Å². The zero-order valence-corrected chi connectivity index (χ0v) is 10.7. The fraction of sp³-hybridized carbons (Fsp3) is 0.182. The average Bonchev–Trinajstić information content (AvgIpc) is 2.88. The Hall–Kier alpha value is -2.40. The number of hydrogen-bond donors (Lipinski definition) is 0. The van der Waals surface area contributed by atoms with Gasteiger partial charge in [-0.2, -0.15) is 5.26 Å². The molecule has 0 amide bonds. The number of esters is 1. The standard InChI is InChI=1S/C11H8N4O3S/c1-2-17-10(16)9-14-15-11(18-9)19-8-4-3-5-13-7(8)6-12/h3-5H,2H2,1H3. The van der Waals surface area contributed by atoms with Gasteiger partial charge in [0.1, 0.15) is 6.07 Å². The minimum absolute atomic E-state index is 0.146. The summed E-state index contributed by atoms with van der Waals surface area (Å²) in [5, 5.41) is 16.3. The van der Waals surface area contributed by atoms with Crippen LogP contribution in [-0.2, 0) is 4.74 Å². The van der Waals surface area contributed by atoms with Crippen LogP contribution in [0.5, 0.6) is 0 Å². The van der Waals surface area contributed by atoms with E-state index < -0.39 is 5.97 Å². The topological polar surface area (TPSA) is 102 Å². The van der Waals surface area contributed by atoms with E-state index in [2.05, 4.69) is 15.2 Å². The number of carbonyl (C=O) groups excluding carboxylic acids is 1. The summed E-state index contributed by atoms with van der Waals surface area (Å²) in [7, 11) is 0. The molecule has 19 heavy (non-hydrogen) atoms. The van der Waals surface area contributed by atoms with E-state index in [4.69, 9.17) is 14.4 Å². The van der Waals surface area contributed by atoms with E-state index in [1.165, 1.54) is 6.20 Å². The smallest absolute Gasteiger partial charge is 0.396 e. The van der Waals surface area contributed by atoms with Gasteiger partial charge in [-0.25, -0.2) is 9.78 Å². The van der Waals surface area contributed by atoms with Crippen molar-refractivity contribution in [2.45, 2.75) is 17.0 Å². The lowest BCUT2D eigenvalue weighted by Crippen LogP contribution is -2.04. The molecule has 0 bridgehead atoms. The van der Waals surface area contributed by atoms with Crippen LogP contribution in [0, 0.1) is 11.3 Å². The second-order valence-corrected chi connectivity index (χ2v) is 4.15. The molecular weight excluding hydrogens is 268 g/mol. The molecular formula is C11H8N4O3S. The number of nitrogens with zero attached hydrogens (tertiary/aromatic N) is 4. The van der Waals surface area contributed by atoms with Crippen molar-refractivity contribution in [3.8, 4) is 6.07 Å². The van der Waals surface area contributed by atoms with Gasteiger partial charge in [-0.15, -0.1) is 5.10 Å². The first-order valence-electron chi connectivity index (χ1n) is 5.28. The molecule has 0 radical (unpaired) electrons. The highest BCUT2D eigenvalue weighted by Crippen LogP contribution is 2.28. The van der Waals surface area contributed by atoms with E-state index >= 15 is 0 Å². The molecule has 0 N–H and O–H groups in total. The molecule has 2 heterocycles. The Balaban J connectivity index is 2.16. The van der Waals surface area contributed by atoms with Crippen LogP contribution in [0.1, 0.15) is 23.3 Å². The molecule has 0 aromatic carbocycles. The Morgan fingerprint density at radius 1 is 1.58 bits per heavy atom. The number of ether oxygens (including phenoxy) is 1. The quantitative estimate of drug-likeness (QED) is 0.777. The summed E-state index contributed by atoms with van der Waals surface area (Å²) in [6.07, 6.45) is 1.51. The van der Waals surface area contributed by atoms with Gasteiger partial charge in [-0.1, -0.05) is 5.10 Å². The molecule has 2 aromatic heterocycles. The molecule has 0 aliphatic heterocycles. The highest BCUT2D eigenvalue weighted by Gasteiger charge is 2.17. The van der Waals surface area contributed by atoms with Gasteiger partial charge in [0, 0.05) is 6.20 Å². The lowest BCUT2D eigenvalue weighted by atomic mass is 10.4. The summed E-state index contributed by atoms with van der Waals surface area (Å²) in [5.41, 5.74) is 0.253. The summed E-state index contributed by atoms with van der Waals surface area (Å²) >= 11 is 1.06. The molecule has 0 aliphatic carbocycles. The van der Waals surface area contributed by atoms with Crippen molar-refractivity contribution in [2.75, 3.05) is 6.61 Å². The zero-order valence-electron chi connectivity index (χ0n) is 9.86. The van der Waals surface area contributed by atoms with Crippen molar-refractivity contribution in [3.05, 3.63) is 29.9 Å². The molecule has 8 heteroatoms. The monoisotopic (exact) mass is 276 g/mol. The highest BCUT2D eigenvalue weighted by atomic mass is 32.2. The van der Waals surface area contributed by atoms with Crippen LogP contribution in [0.2, 0.25) is 0 Å². The molecule has 0 saturated carbocycles. The maximum Gasteiger partial charge on any atom is 0.396 e. The second kappa shape index (κ2) is 5.97.